The van der Waals surface area contributed by atoms with Gasteiger partial charge in [0.15, 0.2) is 0 Å². The van der Waals surface area contributed by atoms with Crippen molar-refractivity contribution in [1.82, 2.24) is 15.1 Å². The van der Waals surface area contributed by atoms with Crippen LogP contribution in [0.5, 0.6) is 0 Å². The second kappa shape index (κ2) is 12.0. The monoisotopic (exact) mass is 547 g/mol. The van der Waals surface area contributed by atoms with Gasteiger partial charge in [-0.2, -0.15) is 5.10 Å². The number of aromatic nitrogens is 2. The molecule has 0 radical (unpaired) electrons. The Morgan fingerprint density at radius 3 is 2.34 bits per heavy atom. The van der Waals surface area contributed by atoms with Crippen molar-refractivity contribution in [3.63, 3.8) is 0 Å². The standard InChI is InChI=1S/C33H33N5O3/c1-4-10-24-15-17-26(18-16-24)38(23(2)3)31(39)22-36-19-20-37(25-11-6-5-7-12-25)33(41)28(32(36)40)21-30-27-13-8-9-14-29(27)34-35-30/h5-9,11-21,23H,4,10,22H2,1-3H3,(H,34,35). The molecule has 0 saturated heterocycles. The number of aromatic amines is 1. The van der Waals surface area contributed by atoms with Gasteiger partial charge in [0.25, 0.3) is 11.8 Å². The maximum atomic E-state index is 13.9. The van der Waals surface area contributed by atoms with Crippen LogP contribution in [0, 0.1) is 0 Å². The first-order valence-corrected chi connectivity index (χ1v) is 13.8. The van der Waals surface area contributed by atoms with Crippen LogP contribution in [0.3, 0.4) is 0 Å². The summed E-state index contributed by atoms with van der Waals surface area (Å²) < 4.78 is 0. The van der Waals surface area contributed by atoms with E-state index in [2.05, 4.69) is 17.1 Å². The highest BCUT2D eigenvalue weighted by Gasteiger charge is 2.33. The average Bonchev–Trinajstić information content (AvgIpc) is 3.34. The molecule has 0 fully saturated rings. The summed E-state index contributed by atoms with van der Waals surface area (Å²) in [7, 11) is 0. The van der Waals surface area contributed by atoms with E-state index in [1.807, 2.05) is 80.6 Å². The number of nitrogens with one attached hydrogen (secondary N) is 1. The van der Waals surface area contributed by atoms with Crippen molar-refractivity contribution < 1.29 is 14.4 Å². The molecule has 0 saturated carbocycles. The van der Waals surface area contributed by atoms with E-state index in [0.717, 1.165) is 29.4 Å². The average molecular weight is 548 g/mol. The van der Waals surface area contributed by atoms with Crippen molar-refractivity contribution >= 4 is 46.1 Å². The summed E-state index contributed by atoms with van der Waals surface area (Å²) in [4.78, 5) is 45.9. The number of hydrogen-bond donors (Lipinski definition) is 1. The molecule has 41 heavy (non-hydrogen) atoms. The van der Waals surface area contributed by atoms with Crippen LogP contribution in [0.1, 0.15) is 38.4 Å². The number of carbonyl (C=O) groups is 3. The molecule has 4 aromatic rings. The summed E-state index contributed by atoms with van der Waals surface area (Å²) in [6.07, 6.45) is 6.53. The van der Waals surface area contributed by atoms with E-state index in [-0.39, 0.29) is 24.1 Å². The third-order valence-corrected chi connectivity index (χ3v) is 7.00. The summed E-state index contributed by atoms with van der Waals surface area (Å²) in [5.41, 5.74) is 3.73. The summed E-state index contributed by atoms with van der Waals surface area (Å²) >= 11 is 0. The van der Waals surface area contributed by atoms with Crippen molar-refractivity contribution in [1.29, 1.82) is 0 Å². The highest BCUT2D eigenvalue weighted by molar-refractivity contribution is 6.28. The van der Waals surface area contributed by atoms with Gasteiger partial charge in [-0.15, -0.1) is 0 Å². The second-order valence-electron chi connectivity index (χ2n) is 10.2. The van der Waals surface area contributed by atoms with Gasteiger partial charge in [-0.05, 0) is 62.2 Å². The number of anilines is 2. The topological polar surface area (TPSA) is 89.6 Å². The molecule has 1 aliphatic rings. The molecule has 0 unspecified atom stereocenters. The number of amides is 3. The van der Waals surface area contributed by atoms with E-state index in [0.29, 0.717) is 11.4 Å². The fourth-order valence-corrected chi connectivity index (χ4v) is 4.99. The zero-order valence-electron chi connectivity index (χ0n) is 23.4. The van der Waals surface area contributed by atoms with Gasteiger partial charge in [0.1, 0.15) is 12.1 Å². The Hall–Kier alpha value is -4.98. The Bertz CT molecular complexity index is 1620. The second-order valence-corrected chi connectivity index (χ2v) is 10.2. The van der Waals surface area contributed by atoms with Crippen molar-refractivity contribution in [2.45, 2.75) is 39.7 Å². The number of benzene rings is 3. The lowest BCUT2D eigenvalue weighted by Crippen LogP contribution is -2.44. The molecule has 208 valence electrons. The molecule has 0 bridgehead atoms. The van der Waals surface area contributed by atoms with Crippen LogP contribution in [-0.4, -0.2) is 45.4 Å². The van der Waals surface area contributed by atoms with Crippen LogP contribution >= 0.6 is 0 Å². The van der Waals surface area contributed by atoms with Crippen molar-refractivity contribution in [3.05, 3.63) is 108 Å². The van der Waals surface area contributed by atoms with Crippen LogP contribution in [0.2, 0.25) is 0 Å². The SMILES string of the molecule is CCCc1ccc(N(C(=O)CN2C=CN(c3ccccc3)C(=O)C(=Cc3n[nH]c4ccccc34)C2=O)C(C)C)cc1. The minimum absolute atomic E-state index is 0.0936. The van der Waals surface area contributed by atoms with Gasteiger partial charge in [-0.25, -0.2) is 0 Å². The Balaban J connectivity index is 1.51. The molecule has 8 nitrogen and oxygen atoms in total. The zero-order valence-corrected chi connectivity index (χ0v) is 23.4. The Morgan fingerprint density at radius 2 is 1.63 bits per heavy atom. The summed E-state index contributed by atoms with van der Waals surface area (Å²) in [5.74, 6) is -1.34. The van der Waals surface area contributed by atoms with Gasteiger partial charge in [0, 0.05) is 35.2 Å². The number of nitrogens with zero attached hydrogens (tertiary/aromatic N) is 4. The normalized spacial score (nSPS) is 14.8. The van der Waals surface area contributed by atoms with Crippen LogP contribution in [0.25, 0.3) is 17.0 Å². The van der Waals surface area contributed by atoms with Gasteiger partial charge >= 0.3 is 0 Å². The number of aryl methyl sites for hydroxylation is 1. The molecule has 0 aliphatic carbocycles. The van der Waals surface area contributed by atoms with E-state index in [1.165, 1.54) is 33.8 Å². The third kappa shape index (κ3) is 5.82. The van der Waals surface area contributed by atoms with Gasteiger partial charge in [-0.1, -0.05) is 61.9 Å². The first-order chi connectivity index (χ1) is 19.9. The summed E-state index contributed by atoms with van der Waals surface area (Å²) in [6.45, 7) is 5.77. The number of H-pyrrole nitrogens is 1. The third-order valence-electron chi connectivity index (χ3n) is 7.00. The number of carbonyl (C=O) groups excluding carboxylic acids is 3. The van der Waals surface area contributed by atoms with Crippen molar-refractivity contribution in [2.75, 3.05) is 16.3 Å². The molecule has 1 aliphatic heterocycles. The number of fused-ring (bicyclic) bond motifs is 1. The molecular weight excluding hydrogens is 514 g/mol. The predicted molar refractivity (Wildman–Crippen MR) is 162 cm³/mol. The van der Waals surface area contributed by atoms with Crippen LogP contribution in [-0.2, 0) is 20.8 Å². The van der Waals surface area contributed by atoms with Gasteiger partial charge in [0.05, 0.1) is 11.2 Å². The molecule has 3 amide bonds. The summed E-state index contributed by atoms with van der Waals surface area (Å²) in [6, 6.07) is 24.4. The smallest absolute Gasteiger partial charge is 0.268 e. The lowest BCUT2D eigenvalue weighted by Gasteiger charge is -2.29. The lowest BCUT2D eigenvalue weighted by molar-refractivity contribution is -0.131. The molecule has 5 rings (SSSR count). The Kier molecular flexibility index (Phi) is 8.10. The molecule has 0 atom stereocenters. The maximum Gasteiger partial charge on any atom is 0.268 e. The van der Waals surface area contributed by atoms with E-state index in [4.69, 9.17) is 0 Å². The van der Waals surface area contributed by atoms with E-state index < -0.39 is 11.8 Å². The number of para-hydroxylation sites is 2. The molecule has 2 heterocycles. The van der Waals surface area contributed by atoms with Crippen molar-refractivity contribution in [3.8, 4) is 0 Å². The quantitative estimate of drug-likeness (QED) is 0.227. The van der Waals surface area contributed by atoms with E-state index >= 15 is 0 Å². The largest absolute Gasteiger partial charge is 0.308 e. The van der Waals surface area contributed by atoms with E-state index in [1.54, 1.807) is 17.0 Å². The minimum Gasteiger partial charge on any atom is -0.308 e. The Morgan fingerprint density at radius 1 is 0.927 bits per heavy atom. The molecule has 1 N–H and O–H groups in total. The number of hydrogen-bond acceptors (Lipinski definition) is 4. The van der Waals surface area contributed by atoms with Crippen LogP contribution < -0.4 is 9.80 Å². The lowest BCUT2D eigenvalue weighted by atomic mass is 10.1. The first kappa shape index (κ1) is 27.6. The fourth-order valence-electron chi connectivity index (χ4n) is 4.99. The minimum atomic E-state index is -0.577. The van der Waals surface area contributed by atoms with Crippen LogP contribution in [0.4, 0.5) is 11.4 Å². The van der Waals surface area contributed by atoms with Gasteiger partial charge in [0.2, 0.25) is 5.91 Å². The fraction of sp³-hybridized carbons (Fsp3) is 0.212. The van der Waals surface area contributed by atoms with Crippen LogP contribution in [0.15, 0.2) is 96.8 Å². The van der Waals surface area contributed by atoms with Gasteiger partial charge in [-0.3, -0.25) is 24.4 Å². The Labute approximate surface area is 239 Å². The molecular formula is C33H33N5O3. The predicted octanol–water partition coefficient (Wildman–Crippen LogP) is 5.69. The maximum absolute atomic E-state index is 13.9. The highest BCUT2D eigenvalue weighted by Crippen LogP contribution is 2.26. The molecule has 1 aromatic heterocycles. The van der Waals surface area contributed by atoms with Gasteiger partial charge < -0.3 is 9.80 Å². The molecule has 8 heteroatoms. The summed E-state index contributed by atoms with van der Waals surface area (Å²) in [5, 5.41) is 8.07. The number of rotatable bonds is 8. The highest BCUT2D eigenvalue weighted by atomic mass is 16.2. The first-order valence-electron chi connectivity index (χ1n) is 13.8. The van der Waals surface area contributed by atoms with Crippen molar-refractivity contribution in [2.24, 2.45) is 0 Å². The molecule has 0 spiro atoms. The van der Waals surface area contributed by atoms with E-state index in [9.17, 15) is 14.4 Å². The molecule has 3 aromatic carbocycles. The zero-order chi connectivity index (χ0) is 28.9.